The number of tetrazole rings is 1. The molecule has 2 aliphatic carbocycles. The van der Waals surface area contributed by atoms with Crippen molar-refractivity contribution in [2.75, 3.05) is 20.6 Å². The fourth-order valence-corrected chi connectivity index (χ4v) is 7.86. The summed E-state index contributed by atoms with van der Waals surface area (Å²) in [5, 5.41) is 34.3. The van der Waals surface area contributed by atoms with Gasteiger partial charge in [0.25, 0.3) is 11.8 Å². The van der Waals surface area contributed by atoms with Gasteiger partial charge in [0.2, 0.25) is 5.91 Å². The molecule has 1 saturated carbocycles. The SMILES string of the molecule is CNC(=O)c1ccc2c(c1)CCc1cc(C(=O)NC)ccc1C2(C[C@@H](NCC(=O)N1[C@H](C#N)C[C@@H]2C[C@@H]21)c1ccc(F)cc1)c1nn[nH]n1. The summed E-state index contributed by atoms with van der Waals surface area (Å²) in [4.78, 5) is 41.0. The third kappa shape index (κ3) is 5.72. The third-order valence-corrected chi connectivity index (χ3v) is 10.3. The van der Waals surface area contributed by atoms with Crippen LogP contribution in [-0.2, 0) is 23.1 Å². The highest BCUT2D eigenvalue weighted by Crippen LogP contribution is 2.50. The van der Waals surface area contributed by atoms with E-state index in [1.165, 1.54) is 12.1 Å². The molecule has 12 nitrogen and oxygen atoms in total. The number of H-pyrrole nitrogens is 1. The monoisotopic (exact) mass is 661 g/mol. The van der Waals surface area contributed by atoms with Crippen molar-refractivity contribution in [3.63, 3.8) is 0 Å². The normalized spacial score (nSPS) is 20.5. The first-order valence-corrected chi connectivity index (χ1v) is 16.4. The molecule has 4 aromatic rings. The minimum absolute atomic E-state index is 0.0449. The van der Waals surface area contributed by atoms with Crippen molar-refractivity contribution in [1.29, 1.82) is 5.26 Å². The molecule has 0 unspecified atom stereocenters. The number of fused-ring (bicyclic) bond motifs is 3. The number of nitrogens with zero attached hydrogens (tertiary/aromatic N) is 5. The Morgan fingerprint density at radius 3 is 2.16 bits per heavy atom. The lowest BCUT2D eigenvalue weighted by Crippen LogP contribution is -2.45. The molecule has 0 spiro atoms. The van der Waals surface area contributed by atoms with Gasteiger partial charge in [-0.3, -0.25) is 14.4 Å². The van der Waals surface area contributed by atoms with Crippen molar-refractivity contribution in [2.24, 2.45) is 5.92 Å². The van der Waals surface area contributed by atoms with E-state index in [-0.39, 0.29) is 36.7 Å². The molecule has 3 aliphatic rings. The Balaban J connectivity index is 1.38. The number of aromatic nitrogens is 4. The molecular weight excluding hydrogens is 625 g/mol. The Bertz CT molecular complexity index is 1890. The number of piperidine rings is 1. The average molecular weight is 662 g/mol. The van der Waals surface area contributed by atoms with Crippen LogP contribution in [0.2, 0.25) is 0 Å². The minimum atomic E-state index is -1.10. The van der Waals surface area contributed by atoms with E-state index in [4.69, 9.17) is 0 Å². The van der Waals surface area contributed by atoms with Gasteiger partial charge in [0.05, 0.1) is 18.0 Å². The summed E-state index contributed by atoms with van der Waals surface area (Å²) in [6, 6.07) is 18.6. The number of hydrogen-bond acceptors (Lipinski definition) is 8. The molecule has 4 N–H and O–H groups in total. The smallest absolute Gasteiger partial charge is 0.251 e. The van der Waals surface area contributed by atoms with Crippen LogP contribution in [0.4, 0.5) is 4.39 Å². The van der Waals surface area contributed by atoms with Crippen LogP contribution in [0.25, 0.3) is 0 Å². The van der Waals surface area contributed by atoms with Crippen LogP contribution >= 0.6 is 0 Å². The average Bonchev–Trinajstić information content (AvgIpc) is 3.51. The van der Waals surface area contributed by atoms with Crippen LogP contribution < -0.4 is 16.0 Å². The molecular formula is C36H36FN9O3. The summed E-state index contributed by atoms with van der Waals surface area (Å²) in [6.07, 6.45) is 2.99. The number of carbonyl (C=O) groups excluding carboxylic acids is 3. The molecule has 1 aliphatic heterocycles. The van der Waals surface area contributed by atoms with Gasteiger partial charge in [-0.05, 0) is 102 Å². The summed E-state index contributed by atoms with van der Waals surface area (Å²) >= 11 is 0. The van der Waals surface area contributed by atoms with E-state index in [9.17, 15) is 24.0 Å². The number of aromatic amines is 1. The first-order valence-electron chi connectivity index (χ1n) is 16.4. The maximum atomic E-state index is 14.3. The number of nitrogens with one attached hydrogen (secondary N) is 4. The highest BCUT2D eigenvalue weighted by Gasteiger charge is 2.54. The fraction of sp³-hybridized carbons (Fsp3) is 0.361. The summed E-state index contributed by atoms with van der Waals surface area (Å²) < 4.78 is 14.3. The first-order chi connectivity index (χ1) is 23.8. The lowest BCUT2D eigenvalue weighted by molar-refractivity contribution is -0.131. The van der Waals surface area contributed by atoms with Gasteiger partial charge < -0.3 is 20.9 Å². The molecule has 0 bridgehead atoms. The number of halogens is 1. The molecule has 1 aromatic heterocycles. The fourth-order valence-electron chi connectivity index (χ4n) is 7.86. The van der Waals surface area contributed by atoms with Gasteiger partial charge in [0.15, 0.2) is 5.82 Å². The second-order valence-corrected chi connectivity index (χ2v) is 13.0. The lowest BCUT2D eigenvalue weighted by Gasteiger charge is -2.37. The van der Waals surface area contributed by atoms with Crippen molar-refractivity contribution in [2.45, 2.75) is 55.6 Å². The second kappa shape index (κ2) is 12.9. The van der Waals surface area contributed by atoms with Gasteiger partial charge in [0.1, 0.15) is 11.9 Å². The lowest BCUT2D eigenvalue weighted by atomic mass is 9.67. The Hall–Kier alpha value is -5.48. The molecule has 2 fully saturated rings. The van der Waals surface area contributed by atoms with Gasteiger partial charge >= 0.3 is 0 Å². The number of carbonyl (C=O) groups is 3. The van der Waals surface area contributed by atoms with Crippen molar-refractivity contribution in [3.05, 3.63) is 111 Å². The van der Waals surface area contributed by atoms with E-state index in [1.54, 1.807) is 43.3 Å². The summed E-state index contributed by atoms with van der Waals surface area (Å²) in [6.45, 7) is -0.0449. The topological polar surface area (TPSA) is 169 Å². The Labute approximate surface area is 282 Å². The predicted octanol–water partition coefficient (Wildman–Crippen LogP) is 2.72. The van der Waals surface area contributed by atoms with Crippen molar-refractivity contribution in [3.8, 4) is 6.07 Å². The maximum absolute atomic E-state index is 14.3. The van der Waals surface area contributed by atoms with Crippen LogP contribution in [0.1, 0.15) is 79.7 Å². The maximum Gasteiger partial charge on any atom is 0.251 e. The number of hydrogen-bond donors (Lipinski definition) is 4. The van der Waals surface area contributed by atoms with Crippen LogP contribution in [0.3, 0.4) is 0 Å². The molecule has 7 rings (SSSR count). The van der Waals surface area contributed by atoms with Crippen LogP contribution in [0.5, 0.6) is 0 Å². The van der Waals surface area contributed by atoms with E-state index in [2.05, 4.69) is 42.6 Å². The summed E-state index contributed by atoms with van der Waals surface area (Å²) in [5.74, 6) is -0.269. The standard InChI is InChI=1S/C36H36FN9O3/c1-39-33(48)23-7-11-28-21(13-23)3-4-22-14-24(34(49)40-2)8-12-29(22)36(28,35-42-44-45-43-35)17-30(20-5-9-26(37)10-6-20)41-19-32(47)46-27(18-38)15-25-16-31(25)46/h5-14,25,27,30-31,41H,3-4,15-17,19H2,1-2H3,(H,39,48)(H,40,49)(H,42,43,44,45)/t25-,27+,30-,31+/m1/s1. The second-order valence-electron chi connectivity index (χ2n) is 13.0. The zero-order valence-corrected chi connectivity index (χ0v) is 27.2. The van der Waals surface area contributed by atoms with Gasteiger partial charge in [0, 0.05) is 37.3 Å². The largest absolute Gasteiger partial charge is 0.355 e. The Morgan fingerprint density at radius 1 is 0.980 bits per heavy atom. The number of likely N-dealkylation sites (tertiary alicyclic amines) is 1. The highest BCUT2D eigenvalue weighted by molar-refractivity contribution is 5.95. The Morgan fingerprint density at radius 2 is 1.61 bits per heavy atom. The molecule has 4 atom stereocenters. The van der Waals surface area contributed by atoms with Crippen LogP contribution in [0, 0.1) is 23.1 Å². The first kappa shape index (κ1) is 32.1. The zero-order valence-electron chi connectivity index (χ0n) is 27.2. The number of nitriles is 1. The summed E-state index contributed by atoms with van der Waals surface area (Å²) in [7, 11) is 3.16. The molecule has 250 valence electrons. The Kier molecular flexibility index (Phi) is 8.42. The van der Waals surface area contributed by atoms with E-state index in [0.717, 1.165) is 34.2 Å². The predicted molar refractivity (Wildman–Crippen MR) is 176 cm³/mol. The van der Waals surface area contributed by atoms with E-state index in [1.807, 2.05) is 24.3 Å². The zero-order chi connectivity index (χ0) is 34.3. The molecule has 1 saturated heterocycles. The van der Waals surface area contributed by atoms with E-state index >= 15 is 0 Å². The molecule has 2 heterocycles. The molecule has 49 heavy (non-hydrogen) atoms. The highest BCUT2D eigenvalue weighted by atomic mass is 19.1. The minimum Gasteiger partial charge on any atom is -0.355 e. The van der Waals surface area contributed by atoms with Gasteiger partial charge in [-0.25, -0.2) is 4.39 Å². The van der Waals surface area contributed by atoms with Gasteiger partial charge in [-0.1, -0.05) is 29.5 Å². The molecule has 13 heteroatoms. The van der Waals surface area contributed by atoms with E-state index in [0.29, 0.717) is 42.1 Å². The number of aryl methyl sites for hydroxylation is 2. The molecule has 3 amide bonds. The number of amides is 3. The third-order valence-electron chi connectivity index (χ3n) is 10.3. The van der Waals surface area contributed by atoms with Crippen molar-refractivity contribution < 1.29 is 18.8 Å². The van der Waals surface area contributed by atoms with Crippen LogP contribution in [0.15, 0.2) is 60.7 Å². The van der Waals surface area contributed by atoms with Gasteiger partial charge in [-0.15, -0.1) is 10.2 Å². The van der Waals surface area contributed by atoms with Crippen LogP contribution in [-0.4, -0.2) is 76.0 Å². The number of rotatable bonds is 9. The van der Waals surface area contributed by atoms with Gasteiger partial charge in [-0.2, -0.15) is 10.5 Å². The summed E-state index contributed by atoms with van der Waals surface area (Å²) in [5.41, 5.74) is 4.10. The van der Waals surface area contributed by atoms with Crippen molar-refractivity contribution >= 4 is 17.7 Å². The van der Waals surface area contributed by atoms with E-state index < -0.39 is 23.3 Å². The molecule has 3 aromatic carbocycles. The molecule has 0 radical (unpaired) electrons. The number of benzene rings is 3. The quantitative estimate of drug-likeness (QED) is 0.212. The van der Waals surface area contributed by atoms with Crippen molar-refractivity contribution in [1.82, 2.24) is 41.5 Å².